The first kappa shape index (κ1) is 42.1. The number of aryl methyl sites for hydroxylation is 2. The van der Waals surface area contributed by atoms with Gasteiger partial charge in [0.25, 0.3) is 0 Å². The minimum atomic E-state index is -2.24. The fraction of sp³-hybridized carbons (Fsp3) is 0.259. The monoisotopic (exact) mass is 1060 g/mol. The molecule has 0 saturated heterocycles. The van der Waals surface area contributed by atoms with E-state index in [0.717, 1.165) is 76.9 Å². The van der Waals surface area contributed by atoms with Gasteiger partial charge in [0.15, 0.2) is 0 Å². The summed E-state index contributed by atoms with van der Waals surface area (Å²) < 4.78 is 27.3. The van der Waals surface area contributed by atoms with Crippen LogP contribution in [0.3, 0.4) is 0 Å². The number of aromatic nitrogens is 5. The quantitative estimate of drug-likeness (QED) is 0.123. The summed E-state index contributed by atoms with van der Waals surface area (Å²) in [6.07, 6.45) is 4.18. The second-order valence-corrected chi connectivity index (χ2v) is 29.5. The molecular formula is C54H55GeIrN5O-2. The van der Waals surface area contributed by atoms with Gasteiger partial charge in [0.05, 0.1) is 28.6 Å². The predicted molar refractivity (Wildman–Crippen MR) is 256 cm³/mol. The van der Waals surface area contributed by atoms with Crippen molar-refractivity contribution in [3.05, 3.63) is 156 Å². The van der Waals surface area contributed by atoms with Crippen LogP contribution in [0.25, 0.3) is 72.6 Å². The Balaban J connectivity index is 0.000000219. The van der Waals surface area contributed by atoms with Crippen LogP contribution >= 0.6 is 0 Å². The van der Waals surface area contributed by atoms with Crippen LogP contribution in [0, 0.1) is 31.4 Å². The summed E-state index contributed by atoms with van der Waals surface area (Å²) in [6.45, 7) is 16.7. The fourth-order valence-electron chi connectivity index (χ4n) is 7.86. The van der Waals surface area contributed by atoms with Crippen molar-refractivity contribution in [1.29, 1.82) is 0 Å². The van der Waals surface area contributed by atoms with Gasteiger partial charge in [-0.15, -0.1) is 17.7 Å². The minimum absolute atomic E-state index is 0. The molecule has 0 saturated carbocycles. The first-order chi connectivity index (χ1) is 29.7. The van der Waals surface area contributed by atoms with E-state index >= 15 is 0 Å². The number of hydrogen-bond donors (Lipinski definition) is 0. The van der Waals surface area contributed by atoms with Crippen LogP contribution in [0.4, 0.5) is 0 Å². The van der Waals surface area contributed by atoms with Gasteiger partial charge in [-0.2, -0.15) is 0 Å². The summed E-state index contributed by atoms with van der Waals surface area (Å²) in [7, 11) is 0. The van der Waals surface area contributed by atoms with Crippen molar-refractivity contribution >= 4 is 50.8 Å². The Labute approximate surface area is 385 Å². The molecule has 0 unspecified atom stereocenters. The molecule has 9 aromatic rings. The maximum atomic E-state index is 8.76. The van der Waals surface area contributed by atoms with Gasteiger partial charge < -0.3 is 8.98 Å². The van der Waals surface area contributed by atoms with Crippen molar-refractivity contribution in [3.8, 4) is 39.5 Å². The number of fused-ring (bicyclic) bond motifs is 4. The standard InChI is InChI=1S/C35H29N4O.C19H26GeN.Ir/c1-21-11-14-26(32-31(21)25-15-12-22(2)37-34(25)40-32)33-38-28-17-18-36-20-30(28)39(33)29-16-13-24(19-27(29)35(3,4)5)23-9-7-6-8-10-23;1-19(2,3)13-16-12-18(15-10-8-7-9-11-15)21-14-17(16)20(4,5)6;/h6-13,15-20H,1-5H3;7-10,12,14H,13H2,1-6H3;/q2*-1;/i;13D2;. The van der Waals surface area contributed by atoms with Crippen LogP contribution < -0.4 is 4.40 Å². The average Bonchev–Trinajstić information content (AvgIpc) is 3.82. The first-order valence-corrected chi connectivity index (χ1v) is 28.3. The van der Waals surface area contributed by atoms with Gasteiger partial charge in [0.2, 0.25) is 5.71 Å². The molecule has 9 rings (SSSR count). The SMILES string of the molecule is Cc1ccc2c(n1)oc1c(-c3nc4ccncc4n3-c3ccc(-c4ccccc4)cc3C(C)(C)C)[c-]cc(C)c12.[2H]C([2H])(c1cc(-c2[c-]cccc2)nc[c]1[Ge]([CH3])([CH3])[CH3])C(C)(C)C.[Ir]. The molecule has 0 atom stereocenters. The van der Waals surface area contributed by atoms with E-state index in [2.05, 4.69) is 125 Å². The average molecular weight is 1060 g/mol. The van der Waals surface area contributed by atoms with E-state index in [4.69, 9.17) is 12.1 Å². The molecule has 0 aliphatic carbocycles. The van der Waals surface area contributed by atoms with Crippen LogP contribution in [0.2, 0.25) is 17.3 Å². The zero-order valence-corrected chi connectivity index (χ0v) is 42.0. The minimum Gasteiger partial charge on any atom is 0 e. The van der Waals surface area contributed by atoms with Crippen molar-refractivity contribution in [2.45, 2.75) is 84.4 Å². The topological polar surface area (TPSA) is 69.6 Å². The Morgan fingerprint density at radius 3 is 2.26 bits per heavy atom. The Bertz CT molecular complexity index is 3120. The maximum absolute atomic E-state index is 8.76. The van der Waals surface area contributed by atoms with E-state index in [-0.39, 0.29) is 25.5 Å². The van der Waals surface area contributed by atoms with Crippen LogP contribution in [-0.2, 0) is 31.9 Å². The molecule has 4 aromatic carbocycles. The van der Waals surface area contributed by atoms with Crippen molar-refractivity contribution < 1.29 is 27.3 Å². The molecule has 5 aromatic heterocycles. The smallest absolute Gasteiger partial charge is 0 e. The van der Waals surface area contributed by atoms with E-state index in [1.54, 1.807) is 6.20 Å². The third-order valence-corrected chi connectivity index (χ3v) is 15.0. The number of rotatable bonds is 6. The summed E-state index contributed by atoms with van der Waals surface area (Å²) in [6, 6.07) is 41.7. The second kappa shape index (κ2) is 17.5. The molecule has 8 heteroatoms. The van der Waals surface area contributed by atoms with Gasteiger partial charge >= 0.3 is 135 Å². The summed E-state index contributed by atoms with van der Waals surface area (Å²) in [5.41, 5.74) is 12.5. The van der Waals surface area contributed by atoms with Crippen LogP contribution in [-0.4, -0.2) is 37.8 Å². The van der Waals surface area contributed by atoms with Gasteiger partial charge in [-0.1, -0.05) is 75.0 Å². The molecule has 0 aliphatic heterocycles. The second-order valence-electron chi connectivity index (χ2n) is 19.0. The number of pyridine rings is 3. The van der Waals surface area contributed by atoms with Gasteiger partial charge in [-0.25, -0.2) is 4.98 Å². The molecule has 0 bridgehead atoms. The Kier molecular flexibility index (Phi) is 11.9. The molecule has 62 heavy (non-hydrogen) atoms. The van der Waals surface area contributed by atoms with Gasteiger partial charge in [0, 0.05) is 43.1 Å². The number of benzene rings is 4. The number of furan rings is 1. The summed E-state index contributed by atoms with van der Waals surface area (Å²) in [5.74, 6) is 7.62. The van der Waals surface area contributed by atoms with E-state index in [1.165, 1.54) is 16.7 Å². The third-order valence-electron chi connectivity index (χ3n) is 10.8. The molecule has 0 aliphatic rings. The van der Waals surface area contributed by atoms with E-state index in [0.29, 0.717) is 5.71 Å². The number of hydrogen-bond acceptors (Lipinski definition) is 5. The molecule has 0 N–H and O–H groups in total. The normalized spacial score (nSPS) is 12.8. The van der Waals surface area contributed by atoms with Crippen molar-refractivity contribution in [2.75, 3.05) is 0 Å². The number of nitrogens with zero attached hydrogens (tertiary/aromatic N) is 5. The molecule has 317 valence electrons. The summed E-state index contributed by atoms with van der Waals surface area (Å²) in [5, 5.41) is 2.05. The number of imidazole rings is 1. The molecule has 0 fully saturated rings. The third kappa shape index (κ3) is 9.27. The fourth-order valence-corrected chi connectivity index (χ4v) is 10.8. The van der Waals surface area contributed by atoms with Crippen LogP contribution in [0.15, 0.2) is 126 Å². The summed E-state index contributed by atoms with van der Waals surface area (Å²) >= 11 is -2.24. The van der Waals surface area contributed by atoms with Crippen LogP contribution in [0.5, 0.6) is 0 Å². The molecule has 0 spiro atoms. The molecule has 0 amide bonds. The van der Waals surface area contributed by atoms with E-state index in [1.807, 2.05) is 94.7 Å². The van der Waals surface area contributed by atoms with E-state index in [9.17, 15) is 0 Å². The predicted octanol–water partition coefficient (Wildman–Crippen LogP) is 13.4. The van der Waals surface area contributed by atoms with Crippen molar-refractivity contribution in [1.82, 2.24) is 24.5 Å². The zero-order valence-electron chi connectivity index (χ0n) is 39.5. The van der Waals surface area contributed by atoms with Gasteiger partial charge in [0.1, 0.15) is 0 Å². The maximum Gasteiger partial charge on any atom is 0 e. The Hall–Kier alpha value is -5.21. The summed E-state index contributed by atoms with van der Waals surface area (Å²) in [4.78, 5) is 18.9. The zero-order chi connectivity index (χ0) is 45.1. The molecular weight excluding hydrogens is 999 g/mol. The molecule has 1 radical (unpaired) electrons. The van der Waals surface area contributed by atoms with E-state index < -0.39 is 25.1 Å². The molecule has 6 nitrogen and oxygen atoms in total. The van der Waals surface area contributed by atoms with Gasteiger partial charge in [-0.05, 0) is 59.4 Å². The van der Waals surface area contributed by atoms with Crippen molar-refractivity contribution in [2.24, 2.45) is 5.41 Å². The van der Waals surface area contributed by atoms with Crippen LogP contribution in [0.1, 0.15) is 66.7 Å². The van der Waals surface area contributed by atoms with Gasteiger partial charge in [-0.3, -0.25) is 9.97 Å². The molecule has 5 heterocycles. The Morgan fingerprint density at radius 1 is 0.806 bits per heavy atom. The first-order valence-electron chi connectivity index (χ1n) is 22.0. The largest absolute Gasteiger partial charge is 0 e. The Morgan fingerprint density at radius 2 is 1.56 bits per heavy atom. The van der Waals surface area contributed by atoms with Crippen molar-refractivity contribution in [3.63, 3.8) is 0 Å².